The van der Waals surface area contributed by atoms with Crippen molar-refractivity contribution >= 4 is 43.9 Å². The van der Waals surface area contributed by atoms with E-state index in [0.29, 0.717) is 5.69 Å². The van der Waals surface area contributed by atoms with Gasteiger partial charge >= 0.3 is 0 Å². The third-order valence-corrected chi connectivity index (χ3v) is 3.39. The number of fused-ring (bicyclic) bond motifs is 1. The molecular formula is C14H13BrN4. The zero-order valence-electron chi connectivity index (χ0n) is 10.4. The van der Waals surface area contributed by atoms with Crippen LogP contribution in [0.4, 0.5) is 17.1 Å². The summed E-state index contributed by atoms with van der Waals surface area (Å²) in [6.07, 6.45) is 1.76. The average Bonchev–Trinajstić information content (AvgIpc) is 2.75. The Kier molecular flexibility index (Phi) is 2.91. The summed E-state index contributed by atoms with van der Waals surface area (Å²) in [7, 11) is 0. The van der Waals surface area contributed by atoms with E-state index in [1.54, 1.807) is 6.20 Å². The van der Waals surface area contributed by atoms with Crippen molar-refractivity contribution in [3.8, 4) is 0 Å². The second-order valence-electron chi connectivity index (χ2n) is 4.54. The van der Waals surface area contributed by atoms with Crippen molar-refractivity contribution in [2.75, 3.05) is 11.1 Å². The van der Waals surface area contributed by atoms with Gasteiger partial charge in [-0.1, -0.05) is 15.9 Å². The molecule has 0 atom stereocenters. The second kappa shape index (κ2) is 4.59. The average molecular weight is 317 g/mol. The van der Waals surface area contributed by atoms with Crippen LogP contribution in [0.3, 0.4) is 0 Å². The molecule has 0 bridgehead atoms. The van der Waals surface area contributed by atoms with Crippen molar-refractivity contribution in [1.82, 2.24) is 10.2 Å². The summed E-state index contributed by atoms with van der Waals surface area (Å²) in [5, 5.41) is 11.3. The van der Waals surface area contributed by atoms with Crippen molar-refractivity contribution in [2.24, 2.45) is 0 Å². The molecular weight excluding hydrogens is 304 g/mol. The summed E-state index contributed by atoms with van der Waals surface area (Å²) in [6.45, 7) is 2.05. The molecule has 19 heavy (non-hydrogen) atoms. The van der Waals surface area contributed by atoms with Crippen LogP contribution in [0.25, 0.3) is 10.9 Å². The number of aryl methyl sites for hydroxylation is 1. The van der Waals surface area contributed by atoms with E-state index < -0.39 is 0 Å². The molecule has 0 aliphatic carbocycles. The first kappa shape index (κ1) is 12.0. The molecule has 0 amide bonds. The quantitative estimate of drug-likeness (QED) is 0.627. The van der Waals surface area contributed by atoms with Gasteiger partial charge < -0.3 is 11.1 Å². The predicted molar refractivity (Wildman–Crippen MR) is 82.7 cm³/mol. The molecule has 2 aromatic carbocycles. The molecule has 96 valence electrons. The molecule has 4 nitrogen and oxygen atoms in total. The van der Waals surface area contributed by atoms with Gasteiger partial charge in [0.2, 0.25) is 0 Å². The number of aromatic amines is 1. The number of hydrogen-bond donors (Lipinski definition) is 3. The molecule has 1 aromatic heterocycles. The summed E-state index contributed by atoms with van der Waals surface area (Å²) in [5.74, 6) is 0. The van der Waals surface area contributed by atoms with Gasteiger partial charge in [-0.05, 0) is 42.8 Å². The minimum atomic E-state index is 0.700. The molecule has 0 aliphatic heterocycles. The zero-order chi connectivity index (χ0) is 13.4. The highest BCUT2D eigenvalue weighted by Crippen LogP contribution is 2.29. The number of anilines is 3. The van der Waals surface area contributed by atoms with Crippen LogP contribution < -0.4 is 11.1 Å². The van der Waals surface area contributed by atoms with E-state index in [2.05, 4.69) is 50.5 Å². The van der Waals surface area contributed by atoms with Crippen LogP contribution in [0.15, 0.2) is 41.0 Å². The van der Waals surface area contributed by atoms with E-state index >= 15 is 0 Å². The fraction of sp³-hybridized carbons (Fsp3) is 0.0714. The van der Waals surface area contributed by atoms with Gasteiger partial charge in [-0.2, -0.15) is 5.10 Å². The summed E-state index contributed by atoms with van der Waals surface area (Å²) in [5.41, 5.74) is 10.8. The Balaban J connectivity index is 2.02. The summed E-state index contributed by atoms with van der Waals surface area (Å²) in [6, 6.07) is 10.0. The Labute approximate surface area is 119 Å². The van der Waals surface area contributed by atoms with Gasteiger partial charge in [0.05, 0.1) is 23.1 Å². The van der Waals surface area contributed by atoms with Gasteiger partial charge in [0.25, 0.3) is 0 Å². The molecule has 3 rings (SSSR count). The Morgan fingerprint density at radius 1 is 1.21 bits per heavy atom. The third kappa shape index (κ3) is 2.42. The number of aromatic nitrogens is 2. The fourth-order valence-corrected chi connectivity index (χ4v) is 2.69. The fourth-order valence-electron chi connectivity index (χ4n) is 2.08. The Hall–Kier alpha value is -2.01. The molecule has 0 unspecified atom stereocenters. The molecule has 4 N–H and O–H groups in total. The Bertz CT molecular complexity index is 728. The molecule has 0 aliphatic rings. The van der Waals surface area contributed by atoms with Crippen LogP contribution in [0.1, 0.15) is 5.56 Å². The van der Waals surface area contributed by atoms with E-state index in [0.717, 1.165) is 26.8 Å². The first-order valence-corrected chi connectivity index (χ1v) is 6.68. The first-order valence-electron chi connectivity index (χ1n) is 5.88. The number of rotatable bonds is 2. The summed E-state index contributed by atoms with van der Waals surface area (Å²) >= 11 is 3.49. The van der Waals surface area contributed by atoms with Gasteiger partial charge in [-0.15, -0.1) is 0 Å². The smallest absolute Gasteiger partial charge is 0.0672 e. The number of H-pyrrole nitrogens is 1. The van der Waals surface area contributed by atoms with Gasteiger partial charge in [-0.25, -0.2) is 0 Å². The lowest BCUT2D eigenvalue weighted by molar-refractivity contribution is 1.12. The monoisotopic (exact) mass is 316 g/mol. The minimum absolute atomic E-state index is 0.700. The number of benzene rings is 2. The normalized spacial score (nSPS) is 10.8. The van der Waals surface area contributed by atoms with E-state index in [1.165, 1.54) is 5.56 Å². The topological polar surface area (TPSA) is 66.7 Å². The second-order valence-corrected chi connectivity index (χ2v) is 5.45. The number of nitrogen functional groups attached to an aromatic ring is 1. The maximum Gasteiger partial charge on any atom is 0.0672 e. The number of nitrogens with zero attached hydrogens (tertiary/aromatic N) is 1. The van der Waals surface area contributed by atoms with Crippen molar-refractivity contribution in [2.45, 2.75) is 6.92 Å². The molecule has 1 heterocycles. The van der Waals surface area contributed by atoms with Gasteiger partial charge in [-0.3, -0.25) is 5.10 Å². The Morgan fingerprint density at radius 3 is 2.84 bits per heavy atom. The lowest BCUT2D eigenvalue weighted by Gasteiger charge is -2.11. The van der Waals surface area contributed by atoms with Crippen LogP contribution in [-0.4, -0.2) is 10.2 Å². The minimum Gasteiger partial charge on any atom is -0.397 e. The number of halogens is 1. The first-order chi connectivity index (χ1) is 9.11. The predicted octanol–water partition coefficient (Wildman–Crippen LogP) is 3.96. The highest BCUT2D eigenvalue weighted by atomic mass is 79.9. The highest BCUT2D eigenvalue weighted by Gasteiger charge is 2.05. The molecule has 3 aromatic rings. The van der Waals surface area contributed by atoms with Crippen LogP contribution >= 0.6 is 15.9 Å². The van der Waals surface area contributed by atoms with Crippen molar-refractivity contribution < 1.29 is 0 Å². The Morgan fingerprint density at radius 2 is 2.05 bits per heavy atom. The van der Waals surface area contributed by atoms with Crippen LogP contribution in [0.5, 0.6) is 0 Å². The standard InChI is InChI=1S/C14H13BrN4/c1-8-2-10(15)5-11(3-8)18-14-6-13-9(4-12(14)16)7-17-19-13/h2-7,18H,16H2,1H3,(H,17,19). The molecule has 0 spiro atoms. The van der Waals surface area contributed by atoms with Gasteiger partial charge in [0.15, 0.2) is 0 Å². The lowest BCUT2D eigenvalue weighted by Crippen LogP contribution is -1.96. The number of hydrogen-bond acceptors (Lipinski definition) is 3. The van der Waals surface area contributed by atoms with Crippen LogP contribution in [0, 0.1) is 6.92 Å². The highest BCUT2D eigenvalue weighted by molar-refractivity contribution is 9.10. The third-order valence-electron chi connectivity index (χ3n) is 2.93. The van der Waals surface area contributed by atoms with Crippen molar-refractivity contribution in [3.05, 3.63) is 46.6 Å². The molecule has 0 fully saturated rings. The van der Waals surface area contributed by atoms with Crippen molar-refractivity contribution in [3.63, 3.8) is 0 Å². The van der Waals surface area contributed by atoms with Gasteiger partial charge in [0.1, 0.15) is 0 Å². The van der Waals surface area contributed by atoms with E-state index in [-0.39, 0.29) is 0 Å². The van der Waals surface area contributed by atoms with Crippen LogP contribution in [-0.2, 0) is 0 Å². The maximum absolute atomic E-state index is 6.05. The van der Waals surface area contributed by atoms with E-state index in [1.807, 2.05) is 18.2 Å². The SMILES string of the molecule is Cc1cc(Br)cc(Nc2cc3[nH]ncc3cc2N)c1. The van der Waals surface area contributed by atoms with E-state index in [4.69, 9.17) is 5.73 Å². The van der Waals surface area contributed by atoms with Crippen LogP contribution in [0.2, 0.25) is 0 Å². The molecule has 0 radical (unpaired) electrons. The van der Waals surface area contributed by atoms with E-state index in [9.17, 15) is 0 Å². The van der Waals surface area contributed by atoms with Crippen molar-refractivity contribution in [1.29, 1.82) is 0 Å². The molecule has 5 heteroatoms. The lowest BCUT2D eigenvalue weighted by atomic mass is 10.2. The summed E-state index contributed by atoms with van der Waals surface area (Å²) in [4.78, 5) is 0. The van der Waals surface area contributed by atoms with Gasteiger partial charge in [0, 0.05) is 15.5 Å². The molecule has 0 saturated heterocycles. The molecule has 0 saturated carbocycles. The summed E-state index contributed by atoms with van der Waals surface area (Å²) < 4.78 is 1.04. The number of nitrogens with one attached hydrogen (secondary N) is 2. The number of nitrogens with two attached hydrogens (primary N) is 1. The maximum atomic E-state index is 6.05. The largest absolute Gasteiger partial charge is 0.397 e. The zero-order valence-corrected chi connectivity index (χ0v) is 12.0.